The van der Waals surface area contributed by atoms with Gasteiger partial charge in [-0.3, -0.25) is 4.79 Å². The van der Waals surface area contributed by atoms with Crippen LogP contribution in [-0.2, 0) is 6.54 Å². The Labute approximate surface area is 103 Å². The zero-order chi connectivity index (χ0) is 13.0. The van der Waals surface area contributed by atoms with E-state index >= 15 is 0 Å². The first-order valence-electron chi connectivity index (χ1n) is 5.28. The maximum absolute atomic E-state index is 11.2. The van der Waals surface area contributed by atoms with E-state index < -0.39 is 0 Å². The number of hydrogen-bond donors (Lipinski definition) is 2. The first-order chi connectivity index (χ1) is 8.69. The number of hydrogen-bond acceptors (Lipinski definition) is 7. The summed E-state index contributed by atoms with van der Waals surface area (Å²) in [5, 5.41) is 16.7. The molecule has 0 atom stereocenters. The summed E-state index contributed by atoms with van der Waals surface area (Å²) < 4.78 is 4.93. The fourth-order valence-corrected chi connectivity index (χ4v) is 1.25. The highest BCUT2D eigenvalue weighted by molar-refractivity contribution is 5.91. The predicted octanol–water partition coefficient (Wildman–Crippen LogP) is 0.140. The van der Waals surface area contributed by atoms with Gasteiger partial charge >= 0.3 is 0 Å². The zero-order valence-electron chi connectivity index (χ0n) is 9.97. The van der Waals surface area contributed by atoms with Crippen molar-refractivity contribution >= 4 is 11.7 Å². The van der Waals surface area contributed by atoms with E-state index in [1.807, 2.05) is 0 Å². The molecule has 0 aliphatic rings. The lowest BCUT2D eigenvalue weighted by Crippen LogP contribution is -2.19. The molecule has 0 aliphatic heterocycles. The van der Waals surface area contributed by atoms with E-state index in [1.165, 1.54) is 7.05 Å². The maximum Gasteiger partial charge on any atom is 0.271 e. The van der Waals surface area contributed by atoms with Gasteiger partial charge in [0.25, 0.3) is 5.91 Å². The monoisotopic (exact) mass is 248 g/mol. The van der Waals surface area contributed by atoms with Crippen molar-refractivity contribution in [1.29, 1.82) is 0 Å². The molecule has 0 aromatic carbocycles. The van der Waals surface area contributed by atoms with Gasteiger partial charge in [-0.1, -0.05) is 5.16 Å². The maximum atomic E-state index is 11.2. The van der Waals surface area contributed by atoms with Crippen LogP contribution in [0, 0.1) is 6.92 Å². The Hall–Kier alpha value is -2.51. The number of amides is 1. The predicted molar refractivity (Wildman–Crippen MR) is 61.8 cm³/mol. The fraction of sp³-hybridized carbons (Fsp3) is 0.300. The van der Waals surface area contributed by atoms with Crippen molar-refractivity contribution in [2.75, 3.05) is 12.4 Å². The van der Waals surface area contributed by atoms with Crippen LogP contribution in [0.2, 0.25) is 0 Å². The molecule has 8 nitrogen and oxygen atoms in total. The van der Waals surface area contributed by atoms with Crippen LogP contribution in [0.15, 0.2) is 16.7 Å². The minimum absolute atomic E-state index is 0.261. The highest BCUT2D eigenvalue weighted by atomic mass is 16.5. The summed E-state index contributed by atoms with van der Waals surface area (Å²) in [6.45, 7) is 2.10. The van der Waals surface area contributed by atoms with E-state index in [1.54, 1.807) is 19.1 Å². The third-order valence-electron chi connectivity index (χ3n) is 2.11. The van der Waals surface area contributed by atoms with Gasteiger partial charge in [-0.15, -0.1) is 10.2 Å². The van der Waals surface area contributed by atoms with Gasteiger partial charge in [0.05, 0.1) is 6.54 Å². The van der Waals surface area contributed by atoms with Gasteiger partial charge in [0.2, 0.25) is 5.89 Å². The second-order valence-electron chi connectivity index (χ2n) is 3.47. The number of carbonyl (C=O) groups excluding carboxylic acids is 1. The van der Waals surface area contributed by atoms with E-state index in [0.717, 1.165) is 0 Å². The van der Waals surface area contributed by atoms with Gasteiger partial charge in [-0.2, -0.15) is 4.98 Å². The SMILES string of the molecule is CNC(=O)c1ccc(NCc2nc(C)no2)nn1. The van der Waals surface area contributed by atoms with E-state index in [2.05, 4.69) is 31.0 Å². The second kappa shape index (κ2) is 5.21. The Morgan fingerprint density at radius 3 is 2.78 bits per heavy atom. The van der Waals surface area contributed by atoms with Crippen LogP contribution in [0.4, 0.5) is 5.82 Å². The third kappa shape index (κ3) is 2.78. The number of anilines is 1. The molecule has 0 unspecified atom stereocenters. The smallest absolute Gasteiger partial charge is 0.271 e. The molecule has 8 heteroatoms. The van der Waals surface area contributed by atoms with Crippen LogP contribution in [0.5, 0.6) is 0 Å². The molecule has 18 heavy (non-hydrogen) atoms. The van der Waals surface area contributed by atoms with Crippen molar-refractivity contribution in [3.8, 4) is 0 Å². The lowest BCUT2D eigenvalue weighted by molar-refractivity contribution is 0.0957. The van der Waals surface area contributed by atoms with Crippen LogP contribution in [0.1, 0.15) is 22.2 Å². The van der Waals surface area contributed by atoms with Crippen molar-refractivity contribution in [2.24, 2.45) is 0 Å². The number of rotatable bonds is 4. The third-order valence-corrected chi connectivity index (χ3v) is 2.11. The van der Waals surface area contributed by atoms with Gasteiger partial charge in [0.1, 0.15) is 5.82 Å². The number of aromatic nitrogens is 4. The summed E-state index contributed by atoms with van der Waals surface area (Å²) in [4.78, 5) is 15.3. The molecular formula is C10H12N6O2. The average molecular weight is 248 g/mol. The largest absolute Gasteiger partial charge is 0.360 e. The molecular weight excluding hydrogens is 236 g/mol. The number of nitrogens with zero attached hydrogens (tertiary/aromatic N) is 4. The average Bonchev–Trinajstić information content (AvgIpc) is 2.82. The second-order valence-corrected chi connectivity index (χ2v) is 3.47. The normalized spacial score (nSPS) is 10.1. The van der Waals surface area contributed by atoms with E-state index in [4.69, 9.17) is 4.52 Å². The standard InChI is InChI=1S/C10H12N6O2/c1-6-13-9(18-16-6)5-12-8-4-3-7(14-15-8)10(17)11-2/h3-4H,5H2,1-2H3,(H,11,17)(H,12,15). The van der Waals surface area contributed by atoms with E-state index in [-0.39, 0.29) is 11.6 Å². The molecule has 2 heterocycles. The molecule has 0 spiro atoms. The van der Waals surface area contributed by atoms with Crippen molar-refractivity contribution < 1.29 is 9.32 Å². The fourth-order valence-electron chi connectivity index (χ4n) is 1.25. The molecule has 0 bridgehead atoms. The molecule has 2 aromatic rings. The van der Waals surface area contributed by atoms with Crippen LogP contribution >= 0.6 is 0 Å². The van der Waals surface area contributed by atoms with Crippen LogP contribution in [-0.4, -0.2) is 33.3 Å². The number of carbonyl (C=O) groups is 1. The Kier molecular flexibility index (Phi) is 3.46. The van der Waals surface area contributed by atoms with Crippen LogP contribution in [0.3, 0.4) is 0 Å². The molecule has 2 aromatic heterocycles. The molecule has 0 radical (unpaired) electrons. The van der Waals surface area contributed by atoms with Crippen molar-refractivity contribution in [2.45, 2.75) is 13.5 Å². The molecule has 1 amide bonds. The molecule has 94 valence electrons. The summed E-state index contributed by atoms with van der Waals surface area (Å²) in [5.41, 5.74) is 0.261. The summed E-state index contributed by atoms with van der Waals surface area (Å²) in [6.07, 6.45) is 0. The summed E-state index contributed by atoms with van der Waals surface area (Å²) >= 11 is 0. The molecule has 0 saturated heterocycles. The zero-order valence-corrected chi connectivity index (χ0v) is 9.97. The molecule has 2 rings (SSSR count). The van der Waals surface area contributed by atoms with Crippen molar-refractivity contribution in [3.05, 3.63) is 29.5 Å². The quantitative estimate of drug-likeness (QED) is 0.792. The lowest BCUT2D eigenvalue weighted by Gasteiger charge is -2.02. The minimum Gasteiger partial charge on any atom is -0.360 e. The minimum atomic E-state index is -0.276. The molecule has 0 aliphatic carbocycles. The topological polar surface area (TPSA) is 106 Å². The van der Waals surface area contributed by atoms with E-state index in [9.17, 15) is 4.79 Å². The van der Waals surface area contributed by atoms with Gasteiger partial charge in [0, 0.05) is 7.05 Å². The van der Waals surface area contributed by atoms with Gasteiger partial charge in [0.15, 0.2) is 11.5 Å². The lowest BCUT2D eigenvalue weighted by atomic mass is 10.3. The highest BCUT2D eigenvalue weighted by Gasteiger charge is 2.06. The van der Waals surface area contributed by atoms with E-state index in [0.29, 0.717) is 24.1 Å². The van der Waals surface area contributed by atoms with Crippen molar-refractivity contribution in [3.63, 3.8) is 0 Å². The Balaban J connectivity index is 1.96. The first kappa shape index (κ1) is 12.0. The molecule has 0 fully saturated rings. The first-order valence-corrected chi connectivity index (χ1v) is 5.28. The van der Waals surface area contributed by atoms with Gasteiger partial charge in [-0.05, 0) is 19.1 Å². The highest BCUT2D eigenvalue weighted by Crippen LogP contribution is 2.04. The summed E-state index contributed by atoms with van der Waals surface area (Å²) in [7, 11) is 1.54. The van der Waals surface area contributed by atoms with Gasteiger partial charge in [-0.25, -0.2) is 0 Å². The van der Waals surface area contributed by atoms with Gasteiger partial charge < -0.3 is 15.2 Å². The summed E-state index contributed by atoms with van der Waals surface area (Å²) in [5.74, 6) is 1.29. The molecule has 0 saturated carbocycles. The Morgan fingerprint density at radius 1 is 1.39 bits per heavy atom. The van der Waals surface area contributed by atoms with Crippen molar-refractivity contribution in [1.82, 2.24) is 25.7 Å². The number of nitrogens with one attached hydrogen (secondary N) is 2. The molecule has 2 N–H and O–H groups in total. The Bertz CT molecular complexity index is 536. The van der Waals surface area contributed by atoms with Crippen LogP contribution in [0.25, 0.3) is 0 Å². The number of aryl methyl sites for hydroxylation is 1. The summed E-state index contributed by atoms with van der Waals surface area (Å²) in [6, 6.07) is 3.23. The Morgan fingerprint density at radius 2 is 2.22 bits per heavy atom. The van der Waals surface area contributed by atoms with Crippen LogP contribution < -0.4 is 10.6 Å².